The minimum absolute atomic E-state index is 0.0805. The predicted octanol–water partition coefficient (Wildman–Crippen LogP) is 4.46. The van der Waals surface area contributed by atoms with Crippen molar-refractivity contribution < 1.29 is 19.1 Å². The maximum Gasteiger partial charge on any atom is 0.408 e. The summed E-state index contributed by atoms with van der Waals surface area (Å²) in [5.74, 6) is -1.41. The van der Waals surface area contributed by atoms with E-state index in [0.29, 0.717) is 0 Å². The van der Waals surface area contributed by atoms with E-state index in [4.69, 9.17) is 10.5 Å². The smallest absolute Gasteiger partial charge is 0.408 e. The van der Waals surface area contributed by atoms with Crippen molar-refractivity contribution in [3.63, 3.8) is 0 Å². The Labute approximate surface area is 216 Å². The van der Waals surface area contributed by atoms with E-state index < -0.39 is 30.0 Å². The second-order valence-corrected chi connectivity index (χ2v) is 9.39. The first-order valence-corrected chi connectivity index (χ1v) is 12.3. The molecule has 0 fully saturated rings. The molecule has 4 N–H and O–H groups in total. The first-order valence-electron chi connectivity index (χ1n) is 12.3. The van der Waals surface area contributed by atoms with Crippen LogP contribution in [0.3, 0.4) is 0 Å². The van der Waals surface area contributed by atoms with Gasteiger partial charge >= 0.3 is 6.09 Å². The summed E-state index contributed by atoms with van der Waals surface area (Å²) in [7, 11) is 0. The molecule has 37 heavy (non-hydrogen) atoms. The zero-order chi connectivity index (χ0) is 26.4. The van der Waals surface area contributed by atoms with Crippen LogP contribution in [-0.4, -0.2) is 30.0 Å². The summed E-state index contributed by atoms with van der Waals surface area (Å²) in [5, 5.41) is 9.45. The monoisotopic (exact) mass is 497 g/mol. The molecular formula is C30H31N3O4. The molecule has 0 aliphatic carbocycles. The Hall–Kier alpha value is -4.39. The van der Waals surface area contributed by atoms with Crippen LogP contribution < -0.4 is 16.4 Å². The third-order valence-electron chi connectivity index (χ3n) is 6.39. The van der Waals surface area contributed by atoms with Gasteiger partial charge in [-0.1, -0.05) is 92.7 Å². The Morgan fingerprint density at radius 1 is 0.811 bits per heavy atom. The highest BCUT2D eigenvalue weighted by Gasteiger charge is 2.29. The molecule has 0 saturated carbocycles. The van der Waals surface area contributed by atoms with E-state index in [2.05, 4.69) is 16.7 Å². The third-order valence-corrected chi connectivity index (χ3v) is 6.39. The predicted molar refractivity (Wildman–Crippen MR) is 145 cm³/mol. The summed E-state index contributed by atoms with van der Waals surface area (Å²) in [6.07, 6.45) is -0.500. The molecule has 0 aromatic heterocycles. The second-order valence-electron chi connectivity index (χ2n) is 9.39. The van der Waals surface area contributed by atoms with Crippen molar-refractivity contribution in [2.45, 2.75) is 39.0 Å². The number of nitrogens with two attached hydrogens (primary N) is 1. The fourth-order valence-corrected chi connectivity index (χ4v) is 4.44. The van der Waals surface area contributed by atoms with E-state index in [1.54, 1.807) is 13.8 Å². The Kier molecular flexibility index (Phi) is 8.03. The van der Waals surface area contributed by atoms with Crippen LogP contribution in [0.1, 0.15) is 25.0 Å². The molecule has 0 radical (unpaired) electrons. The largest absolute Gasteiger partial charge is 0.445 e. The van der Waals surface area contributed by atoms with Crippen LogP contribution in [0.2, 0.25) is 0 Å². The fraction of sp³-hybridized carbons (Fsp3) is 0.233. The summed E-state index contributed by atoms with van der Waals surface area (Å²) in [6, 6.07) is 25.3. The Morgan fingerprint density at radius 2 is 1.38 bits per heavy atom. The molecule has 4 aromatic carbocycles. The Morgan fingerprint density at radius 3 is 1.95 bits per heavy atom. The van der Waals surface area contributed by atoms with Crippen LogP contribution in [0.4, 0.5) is 4.79 Å². The lowest BCUT2D eigenvalue weighted by Crippen LogP contribution is -2.55. The number of primary amides is 1. The maximum atomic E-state index is 13.2. The molecule has 0 aliphatic heterocycles. The minimum Gasteiger partial charge on any atom is -0.445 e. The number of carbonyl (C=O) groups is 3. The van der Waals surface area contributed by atoms with Crippen molar-refractivity contribution in [2.75, 3.05) is 0 Å². The Balaban J connectivity index is 1.52. The molecule has 0 spiro atoms. The average Bonchev–Trinajstić information content (AvgIpc) is 2.90. The summed E-state index contributed by atoms with van der Waals surface area (Å²) in [5.41, 5.74) is 7.50. The molecule has 7 heteroatoms. The summed E-state index contributed by atoms with van der Waals surface area (Å²) in [4.78, 5) is 38.2. The number of benzene rings is 4. The maximum absolute atomic E-state index is 13.2. The highest BCUT2D eigenvalue weighted by molar-refractivity contribution is 6.03. The first-order chi connectivity index (χ1) is 17.8. The van der Waals surface area contributed by atoms with E-state index in [1.807, 2.05) is 78.9 Å². The molecule has 7 nitrogen and oxygen atoms in total. The zero-order valence-electron chi connectivity index (χ0n) is 20.9. The number of fused-ring (bicyclic) bond motifs is 2. The van der Waals surface area contributed by atoms with Crippen LogP contribution in [0.15, 0.2) is 84.9 Å². The zero-order valence-corrected chi connectivity index (χ0v) is 20.9. The van der Waals surface area contributed by atoms with E-state index in [9.17, 15) is 14.4 Å². The molecule has 190 valence electrons. The highest BCUT2D eigenvalue weighted by atomic mass is 16.5. The number of nitrogens with one attached hydrogen (secondary N) is 2. The molecule has 4 rings (SSSR count). The van der Waals surface area contributed by atoms with Crippen molar-refractivity contribution in [1.29, 1.82) is 0 Å². The van der Waals surface area contributed by atoms with Crippen molar-refractivity contribution in [3.05, 3.63) is 96.1 Å². The minimum atomic E-state index is -0.967. The van der Waals surface area contributed by atoms with Crippen molar-refractivity contribution >= 4 is 39.5 Å². The molecule has 0 bridgehead atoms. The molecule has 0 aliphatic rings. The van der Waals surface area contributed by atoms with Gasteiger partial charge in [-0.15, -0.1) is 0 Å². The summed E-state index contributed by atoms with van der Waals surface area (Å²) < 4.78 is 5.28. The van der Waals surface area contributed by atoms with E-state index in [-0.39, 0.29) is 18.9 Å². The number of ether oxygens (including phenoxy) is 1. The lowest BCUT2D eigenvalue weighted by atomic mass is 9.92. The molecule has 3 amide bonds. The first kappa shape index (κ1) is 25.7. The van der Waals surface area contributed by atoms with Crippen molar-refractivity contribution in [3.8, 4) is 0 Å². The second kappa shape index (κ2) is 11.6. The van der Waals surface area contributed by atoms with Gasteiger partial charge in [0.1, 0.15) is 18.7 Å². The van der Waals surface area contributed by atoms with Gasteiger partial charge in [-0.2, -0.15) is 0 Å². The standard InChI is InChI=1S/C30H31N3O4/c1-19(2)27(33-30(36)37-18-20-10-4-3-5-11-20)29(35)32-26(28(31)34)17-25-23-14-8-6-12-21(23)16-22-13-7-9-15-24(22)25/h3-16,19,26-27H,17-18H2,1-2H3,(H2,31,34)(H,32,35)(H,33,36)/t26-,27+/m1/s1. The third kappa shape index (κ3) is 6.25. The number of amides is 3. The number of carbonyl (C=O) groups excluding carboxylic acids is 3. The summed E-state index contributed by atoms with van der Waals surface area (Å²) >= 11 is 0. The van der Waals surface area contributed by atoms with Crippen molar-refractivity contribution in [2.24, 2.45) is 11.7 Å². The molecule has 0 unspecified atom stereocenters. The summed E-state index contributed by atoms with van der Waals surface area (Å²) in [6.45, 7) is 3.69. The Bertz CT molecular complexity index is 1360. The van der Waals surface area contributed by atoms with E-state index in [1.165, 1.54) is 0 Å². The normalized spacial score (nSPS) is 12.7. The quantitative estimate of drug-likeness (QED) is 0.297. The van der Waals surface area contributed by atoms with Gasteiger partial charge in [-0.3, -0.25) is 9.59 Å². The molecule has 4 aromatic rings. The molecule has 2 atom stereocenters. The van der Waals surface area contributed by atoms with Gasteiger partial charge in [-0.05, 0) is 44.7 Å². The highest BCUT2D eigenvalue weighted by Crippen LogP contribution is 2.29. The van der Waals surface area contributed by atoms with E-state index >= 15 is 0 Å². The number of rotatable bonds is 9. The lowest BCUT2D eigenvalue weighted by molar-refractivity contribution is -0.129. The molecular weight excluding hydrogens is 466 g/mol. The fourth-order valence-electron chi connectivity index (χ4n) is 4.44. The van der Waals surface area contributed by atoms with Crippen molar-refractivity contribution in [1.82, 2.24) is 10.6 Å². The van der Waals surface area contributed by atoms with Gasteiger partial charge in [0.2, 0.25) is 11.8 Å². The molecule has 0 heterocycles. The SMILES string of the molecule is CC(C)[C@H](NC(=O)OCc1ccccc1)C(=O)N[C@H](Cc1c2ccccc2cc2ccccc12)C(N)=O. The van der Waals surface area contributed by atoms with Crippen LogP contribution in [0.25, 0.3) is 21.5 Å². The number of alkyl carbamates (subject to hydrolysis) is 1. The number of hydrogen-bond donors (Lipinski definition) is 3. The van der Waals surface area contributed by atoms with Crippen LogP contribution in [0, 0.1) is 5.92 Å². The van der Waals surface area contributed by atoms with Gasteiger partial charge in [0.15, 0.2) is 0 Å². The van der Waals surface area contributed by atoms with Crippen LogP contribution in [-0.2, 0) is 27.4 Å². The van der Waals surface area contributed by atoms with Crippen LogP contribution in [0.5, 0.6) is 0 Å². The van der Waals surface area contributed by atoms with E-state index in [0.717, 1.165) is 32.7 Å². The van der Waals surface area contributed by atoms with Gasteiger partial charge in [0.25, 0.3) is 0 Å². The van der Waals surface area contributed by atoms with Gasteiger partial charge in [-0.25, -0.2) is 4.79 Å². The molecule has 0 saturated heterocycles. The number of hydrogen-bond acceptors (Lipinski definition) is 4. The van der Waals surface area contributed by atoms with Gasteiger partial charge in [0, 0.05) is 6.42 Å². The van der Waals surface area contributed by atoms with Crippen LogP contribution >= 0.6 is 0 Å². The van der Waals surface area contributed by atoms with Gasteiger partial charge < -0.3 is 21.1 Å². The average molecular weight is 498 g/mol. The topological polar surface area (TPSA) is 111 Å². The lowest BCUT2D eigenvalue weighted by Gasteiger charge is -2.25. The van der Waals surface area contributed by atoms with Gasteiger partial charge in [0.05, 0.1) is 0 Å².